The van der Waals surface area contributed by atoms with E-state index in [1.165, 1.54) is 0 Å². The first-order chi connectivity index (χ1) is 5.70. The number of fused-ring (bicyclic) bond motifs is 1. The Kier molecular flexibility index (Phi) is 1.89. The molecule has 1 heterocycles. The molecule has 2 rings (SSSR count). The second kappa shape index (κ2) is 2.79. The first kappa shape index (κ1) is 8.14. The van der Waals surface area contributed by atoms with Gasteiger partial charge in [0.15, 0.2) is 5.78 Å². The molecule has 3 heteroatoms. The molecule has 1 aromatic carbocycles. The van der Waals surface area contributed by atoms with Gasteiger partial charge in [0.05, 0.1) is 5.75 Å². The zero-order valence-corrected chi connectivity index (χ0v) is 8.13. The molecule has 0 aliphatic carbocycles. The molecule has 0 radical (unpaired) electrons. The Balaban J connectivity index is 2.68. The standard InChI is InChI=1S/C9H7ClOS/c1-5-7(10)3-2-6-8(11)4-12-9(5)6/h2-3H,4H2,1H3. The van der Waals surface area contributed by atoms with Gasteiger partial charge in [-0.3, -0.25) is 4.79 Å². The SMILES string of the molecule is Cc1c(Cl)ccc2c1SCC2=O. The lowest BCUT2D eigenvalue weighted by atomic mass is 10.1. The van der Waals surface area contributed by atoms with E-state index in [-0.39, 0.29) is 5.78 Å². The van der Waals surface area contributed by atoms with E-state index in [0.717, 1.165) is 21.0 Å². The van der Waals surface area contributed by atoms with Gasteiger partial charge in [0.1, 0.15) is 0 Å². The molecule has 0 aromatic heterocycles. The van der Waals surface area contributed by atoms with Crippen LogP contribution in [0.15, 0.2) is 17.0 Å². The Hall–Kier alpha value is -0.470. The van der Waals surface area contributed by atoms with E-state index < -0.39 is 0 Å². The molecule has 0 fully saturated rings. The molecule has 0 saturated carbocycles. The van der Waals surface area contributed by atoms with Gasteiger partial charge >= 0.3 is 0 Å². The summed E-state index contributed by atoms with van der Waals surface area (Å²) in [7, 11) is 0. The van der Waals surface area contributed by atoms with Gasteiger partial charge in [-0.05, 0) is 24.6 Å². The van der Waals surface area contributed by atoms with Crippen molar-refractivity contribution in [1.29, 1.82) is 0 Å². The normalized spacial score (nSPS) is 15.0. The Morgan fingerprint density at radius 1 is 1.50 bits per heavy atom. The molecule has 1 aliphatic rings. The fourth-order valence-electron chi connectivity index (χ4n) is 1.29. The maximum absolute atomic E-state index is 11.3. The predicted molar refractivity (Wildman–Crippen MR) is 51.2 cm³/mol. The average molecular weight is 199 g/mol. The molecule has 0 saturated heterocycles. The van der Waals surface area contributed by atoms with Gasteiger partial charge in [0.25, 0.3) is 0 Å². The van der Waals surface area contributed by atoms with Crippen molar-refractivity contribution in [2.45, 2.75) is 11.8 Å². The van der Waals surface area contributed by atoms with Crippen LogP contribution < -0.4 is 0 Å². The number of thioether (sulfide) groups is 1. The van der Waals surface area contributed by atoms with Crippen molar-refractivity contribution < 1.29 is 4.79 Å². The monoisotopic (exact) mass is 198 g/mol. The lowest BCUT2D eigenvalue weighted by Gasteiger charge is -2.02. The first-order valence-electron chi connectivity index (χ1n) is 3.65. The van der Waals surface area contributed by atoms with E-state index in [2.05, 4.69) is 0 Å². The number of ketones is 1. The average Bonchev–Trinajstić information content (AvgIpc) is 2.41. The third-order valence-electron chi connectivity index (χ3n) is 1.99. The quantitative estimate of drug-likeness (QED) is 0.638. The van der Waals surface area contributed by atoms with Crippen LogP contribution in [-0.4, -0.2) is 11.5 Å². The van der Waals surface area contributed by atoms with Crippen LogP contribution >= 0.6 is 23.4 Å². The minimum Gasteiger partial charge on any atom is -0.293 e. The number of Topliss-reactive ketones (excluding diaryl/α,β-unsaturated/α-hetero) is 1. The number of hydrogen-bond donors (Lipinski definition) is 0. The molecule has 1 aromatic rings. The number of halogens is 1. The van der Waals surface area contributed by atoms with Crippen molar-refractivity contribution in [2.24, 2.45) is 0 Å². The van der Waals surface area contributed by atoms with Gasteiger partial charge in [-0.1, -0.05) is 11.6 Å². The van der Waals surface area contributed by atoms with E-state index in [1.807, 2.05) is 13.0 Å². The molecule has 0 amide bonds. The summed E-state index contributed by atoms with van der Waals surface area (Å²) in [5.41, 5.74) is 1.87. The topological polar surface area (TPSA) is 17.1 Å². The lowest BCUT2D eigenvalue weighted by Crippen LogP contribution is -1.94. The maximum Gasteiger partial charge on any atom is 0.174 e. The van der Waals surface area contributed by atoms with Gasteiger partial charge in [-0.2, -0.15) is 0 Å². The largest absolute Gasteiger partial charge is 0.293 e. The van der Waals surface area contributed by atoms with E-state index in [1.54, 1.807) is 17.8 Å². The van der Waals surface area contributed by atoms with Gasteiger partial charge < -0.3 is 0 Å². The van der Waals surface area contributed by atoms with Crippen LogP contribution in [0.25, 0.3) is 0 Å². The summed E-state index contributed by atoms with van der Waals surface area (Å²) in [4.78, 5) is 12.3. The Morgan fingerprint density at radius 3 is 3.00 bits per heavy atom. The zero-order chi connectivity index (χ0) is 8.72. The number of rotatable bonds is 0. The highest BCUT2D eigenvalue weighted by Crippen LogP contribution is 2.36. The van der Waals surface area contributed by atoms with Crippen LogP contribution in [0.3, 0.4) is 0 Å². The minimum absolute atomic E-state index is 0.217. The smallest absolute Gasteiger partial charge is 0.174 e. The molecule has 0 atom stereocenters. The van der Waals surface area contributed by atoms with E-state index in [9.17, 15) is 4.79 Å². The Morgan fingerprint density at radius 2 is 2.25 bits per heavy atom. The second-order valence-electron chi connectivity index (χ2n) is 2.76. The predicted octanol–water partition coefficient (Wildman–Crippen LogP) is 2.94. The van der Waals surface area contributed by atoms with Crippen molar-refractivity contribution in [3.8, 4) is 0 Å². The summed E-state index contributed by atoms with van der Waals surface area (Å²) in [5, 5.41) is 0.746. The Labute approximate surface area is 80.1 Å². The summed E-state index contributed by atoms with van der Waals surface area (Å²) in [6, 6.07) is 3.60. The van der Waals surface area contributed by atoms with Crippen molar-refractivity contribution in [2.75, 3.05) is 5.75 Å². The second-order valence-corrected chi connectivity index (χ2v) is 4.15. The maximum atomic E-state index is 11.3. The third-order valence-corrected chi connectivity index (χ3v) is 3.62. The number of carbonyl (C=O) groups excluding carboxylic acids is 1. The third kappa shape index (κ3) is 1.06. The summed E-state index contributed by atoms with van der Waals surface area (Å²) in [6.07, 6.45) is 0. The molecule has 1 nitrogen and oxygen atoms in total. The molecular formula is C9H7ClOS. The number of benzene rings is 1. The van der Waals surface area contributed by atoms with Crippen molar-refractivity contribution in [1.82, 2.24) is 0 Å². The summed E-state index contributed by atoms with van der Waals surface area (Å²) < 4.78 is 0. The van der Waals surface area contributed by atoms with Crippen LogP contribution in [-0.2, 0) is 0 Å². The van der Waals surface area contributed by atoms with E-state index >= 15 is 0 Å². The minimum atomic E-state index is 0.217. The molecule has 0 spiro atoms. The molecule has 12 heavy (non-hydrogen) atoms. The van der Waals surface area contributed by atoms with Gasteiger partial charge in [-0.15, -0.1) is 11.8 Å². The van der Waals surface area contributed by atoms with Crippen molar-refractivity contribution in [3.63, 3.8) is 0 Å². The molecular weight excluding hydrogens is 192 g/mol. The summed E-state index contributed by atoms with van der Waals surface area (Å²) in [5.74, 6) is 0.783. The fourth-order valence-corrected chi connectivity index (χ4v) is 2.60. The Bertz CT molecular complexity index is 360. The van der Waals surface area contributed by atoms with Gasteiger partial charge in [-0.25, -0.2) is 0 Å². The molecule has 0 unspecified atom stereocenters. The number of carbonyl (C=O) groups is 1. The highest BCUT2D eigenvalue weighted by atomic mass is 35.5. The highest BCUT2D eigenvalue weighted by molar-refractivity contribution is 8.00. The van der Waals surface area contributed by atoms with Crippen molar-refractivity contribution in [3.05, 3.63) is 28.3 Å². The van der Waals surface area contributed by atoms with Gasteiger partial charge in [0, 0.05) is 15.5 Å². The zero-order valence-electron chi connectivity index (χ0n) is 6.56. The van der Waals surface area contributed by atoms with Crippen LogP contribution in [0, 0.1) is 6.92 Å². The molecule has 1 aliphatic heterocycles. The van der Waals surface area contributed by atoms with Crippen LogP contribution in [0.5, 0.6) is 0 Å². The van der Waals surface area contributed by atoms with Crippen LogP contribution in [0.1, 0.15) is 15.9 Å². The van der Waals surface area contributed by atoms with E-state index in [0.29, 0.717) is 5.75 Å². The van der Waals surface area contributed by atoms with Crippen LogP contribution in [0.2, 0.25) is 5.02 Å². The summed E-state index contributed by atoms with van der Waals surface area (Å²) in [6.45, 7) is 1.95. The molecule has 0 bridgehead atoms. The number of hydrogen-bond acceptors (Lipinski definition) is 2. The fraction of sp³-hybridized carbons (Fsp3) is 0.222. The first-order valence-corrected chi connectivity index (χ1v) is 5.01. The van der Waals surface area contributed by atoms with Gasteiger partial charge in [0.2, 0.25) is 0 Å². The lowest BCUT2D eigenvalue weighted by molar-refractivity contribution is 0.102. The molecule has 62 valence electrons. The summed E-state index contributed by atoms with van der Waals surface area (Å²) >= 11 is 7.50. The van der Waals surface area contributed by atoms with Crippen LogP contribution in [0.4, 0.5) is 0 Å². The van der Waals surface area contributed by atoms with Crippen molar-refractivity contribution >= 4 is 29.1 Å². The van der Waals surface area contributed by atoms with E-state index in [4.69, 9.17) is 11.6 Å². The molecule has 0 N–H and O–H groups in total. The highest BCUT2D eigenvalue weighted by Gasteiger charge is 2.22.